The number of nitrogens with zero attached hydrogens (tertiary/aromatic N) is 6. The highest BCUT2D eigenvalue weighted by Gasteiger charge is 2.12. The van der Waals surface area contributed by atoms with Crippen LogP contribution >= 0.6 is 11.3 Å². The fraction of sp³-hybridized carbons (Fsp3) is 0.235. The number of aryl methyl sites for hydroxylation is 1. The molecule has 0 aromatic carbocycles. The van der Waals surface area contributed by atoms with E-state index in [9.17, 15) is 4.79 Å². The second kappa shape index (κ2) is 7.35. The van der Waals surface area contributed by atoms with Gasteiger partial charge in [-0.2, -0.15) is 5.10 Å². The van der Waals surface area contributed by atoms with E-state index >= 15 is 0 Å². The summed E-state index contributed by atoms with van der Waals surface area (Å²) in [4.78, 5) is 26.5. The summed E-state index contributed by atoms with van der Waals surface area (Å²) in [5.74, 6) is 0.578. The molecule has 0 aliphatic rings. The number of hydrogen-bond acceptors (Lipinski definition) is 6. The lowest BCUT2D eigenvalue weighted by molar-refractivity contribution is -0.116. The number of rotatable bonds is 5. The third-order valence-electron chi connectivity index (χ3n) is 3.52. The highest BCUT2D eigenvalue weighted by atomic mass is 32.1. The SMILES string of the molecule is CCN(C(C)=O)c1nc(/C=C/c2nccc(-c3cnn(C)c3)n2)cs1. The van der Waals surface area contributed by atoms with Crippen molar-refractivity contribution in [3.63, 3.8) is 0 Å². The van der Waals surface area contributed by atoms with Gasteiger partial charge in [-0.15, -0.1) is 11.3 Å². The van der Waals surface area contributed by atoms with Crippen molar-refractivity contribution in [2.75, 3.05) is 11.4 Å². The zero-order valence-corrected chi connectivity index (χ0v) is 15.1. The van der Waals surface area contributed by atoms with Crippen LogP contribution in [0.5, 0.6) is 0 Å². The molecule has 7 nitrogen and oxygen atoms in total. The summed E-state index contributed by atoms with van der Waals surface area (Å²) in [5.41, 5.74) is 2.53. The van der Waals surface area contributed by atoms with E-state index in [1.54, 1.807) is 22.0 Å². The van der Waals surface area contributed by atoms with Gasteiger partial charge < -0.3 is 0 Å². The minimum atomic E-state index is -0.0140. The van der Waals surface area contributed by atoms with Crippen LogP contribution in [-0.2, 0) is 11.8 Å². The smallest absolute Gasteiger partial charge is 0.225 e. The van der Waals surface area contributed by atoms with Crippen LogP contribution < -0.4 is 4.90 Å². The molecule has 0 N–H and O–H groups in total. The third kappa shape index (κ3) is 3.97. The number of carbonyl (C=O) groups excluding carboxylic acids is 1. The molecule has 3 aromatic rings. The number of anilines is 1. The second-order valence-electron chi connectivity index (χ2n) is 5.35. The summed E-state index contributed by atoms with van der Waals surface area (Å²) in [6.07, 6.45) is 9.04. The monoisotopic (exact) mass is 354 g/mol. The van der Waals surface area contributed by atoms with Gasteiger partial charge in [-0.1, -0.05) is 0 Å². The largest absolute Gasteiger partial charge is 0.289 e. The first kappa shape index (κ1) is 17.0. The zero-order chi connectivity index (χ0) is 17.8. The van der Waals surface area contributed by atoms with Crippen LogP contribution in [0, 0.1) is 0 Å². The molecular formula is C17H18N6OS. The van der Waals surface area contributed by atoms with Crippen molar-refractivity contribution in [3.8, 4) is 11.3 Å². The number of amides is 1. The van der Waals surface area contributed by atoms with Crippen molar-refractivity contribution < 1.29 is 4.79 Å². The molecule has 3 rings (SSSR count). The fourth-order valence-corrected chi connectivity index (χ4v) is 3.20. The molecule has 128 valence electrons. The Labute approximate surface area is 149 Å². The van der Waals surface area contributed by atoms with Gasteiger partial charge >= 0.3 is 0 Å². The third-order valence-corrected chi connectivity index (χ3v) is 4.40. The molecule has 0 aliphatic carbocycles. The van der Waals surface area contributed by atoms with Crippen LogP contribution in [0.1, 0.15) is 25.4 Å². The summed E-state index contributed by atoms with van der Waals surface area (Å²) in [6, 6.07) is 1.85. The number of thiazole rings is 1. The van der Waals surface area contributed by atoms with Crippen molar-refractivity contribution in [1.82, 2.24) is 24.7 Å². The van der Waals surface area contributed by atoms with Crippen LogP contribution in [0.25, 0.3) is 23.4 Å². The highest BCUT2D eigenvalue weighted by molar-refractivity contribution is 7.14. The first-order chi connectivity index (χ1) is 12.1. The Morgan fingerprint density at radius 1 is 1.36 bits per heavy atom. The number of hydrogen-bond donors (Lipinski definition) is 0. The van der Waals surface area contributed by atoms with E-state index in [1.807, 2.05) is 43.8 Å². The quantitative estimate of drug-likeness (QED) is 0.704. The van der Waals surface area contributed by atoms with Crippen LogP contribution in [-0.4, -0.2) is 37.2 Å². The van der Waals surface area contributed by atoms with Crippen molar-refractivity contribution in [1.29, 1.82) is 0 Å². The summed E-state index contributed by atoms with van der Waals surface area (Å²) in [5, 5.41) is 6.75. The van der Waals surface area contributed by atoms with E-state index < -0.39 is 0 Å². The summed E-state index contributed by atoms with van der Waals surface area (Å²) < 4.78 is 1.73. The van der Waals surface area contributed by atoms with Gasteiger partial charge in [0.1, 0.15) is 0 Å². The predicted molar refractivity (Wildman–Crippen MR) is 99.0 cm³/mol. The second-order valence-corrected chi connectivity index (χ2v) is 6.19. The van der Waals surface area contributed by atoms with Crippen molar-refractivity contribution in [2.24, 2.45) is 7.05 Å². The average Bonchev–Trinajstić information content (AvgIpc) is 3.23. The molecule has 0 bridgehead atoms. The number of aromatic nitrogens is 5. The maximum Gasteiger partial charge on any atom is 0.225 e. The van der Waals surface area contributed by atoms with Gasteiger partial charge in [-0.05, 0) is 25.1 Å². The summed E-state index contributed by atoms with van der Waals surface area (Å²) in [7, 11) is 1.87. The molecule has 0 atom stereocenters. The lowest BCUT2D eigenvalue weighted by Crippen LogP contribution is -2.27. The van der Waals surface area contributed by atoms with Gasteiger partial charge in [0.25, 0.3) is 0 Å². The molecule has 3 aromatic heterocycles. The first-order valence-corrected chi connectivity index (χ1v) is 8.68. The van der Waals surface area contributed by atoms with E-state index in [2.05, 4.69) is 20.1 Å². The molecule has 25 heavy (non-hydrogen) atoms. The van der Waals surface area contributed by atoms with Crippen molar-refractivity contribution in [2.45, 2.75) is 13.8 Å². The molecule has 8 heteroatoms. The van der Waals surface area contributed by atoms with Gasteiger partial charge in [-0.3, -0.25) is 14.4 Å². The summed E-state index contributed by atoms with van der Waals surface area (Å²) >= 11 is 1.44. The van der Waals surface area contributed by atoms with E-state index in [0.29, 0.717) is 17.5 Å². The Morgan fingerprint density at radius 3 is 2.88 bits per heavy atom. The van der Waals surface area contributed by atoms with Gasteiger partial charge in [0.05, 0.1) is 17.6 Å². The molecular weight excluding hydrogens is 336 g/mol. The van der Waals surface area contributed by atoms with Crippen LogP contribution in [0.4, 0.5) is 5.13 Å². The summed E-state index contributed by atoms with van der Waals surface area (Å²) in [6.45, 7) is 4.07. The van der Waals surface area contributed by atoms with Gasteiger partial charge in [0.2, 0.25) is 5.91 Å². The average molecular weight is 354 g/mol. The van der Waals surface area contributed by atoms with E-state index in [4.69, 9.17) is 0 Å². The first-order valence-electron chi connectivity index (χ1n) is 7.80. The molecule has 0 radical (unpaired) electrons. The lowest BCUT2D eigenvalue weighted by Gasteiger charge is -2.14. The van der Waals surface area contributed by atoms with Crippen molar-refractivity contribution in [3.05, 3.63) is 41.6 Å². The predicted octanol–water partition coefficient (Wildman–Crippen LogP) is 2.88. The standard InChI is InChI=1S/C17H18N6OS/c1-4-23(12(2)24)17-20-14(11-25-17)5-6-16-18-8-7-15(21-16)13-9-19-22(3)10-13/h5-11H,4H2,1-3H3/b6-5+. The van der Waals surface area contributed by atoms with Crippen LogP contribution in [0.3, 0.4) is 0 Å². The molecule has 0 saturated heterocycles. The molecule has 0 saturated carbocycles. The van der Waals surface area contributed by atoms with Crippen LogP contribution in [0.2, 0.25) is 0 Å². The minimum absolute atomic E-state index is 0.0140. The maximum atomic E-state index is 11.6. The van der Waals surface area contributed by atoms with E-state index in [1.165, 1.54) is 18.3 Å². The van der Waals surface area contributed by atoms with Crippen LogP contribution in [0.15, 0.2) is 30.0 Å². The Kier molecular flexibility index (Phi) is 4.99. The molecule has 1 amide bonds. The van der Waals surface area contributed by atoms with Gasteiger partial charge in [0, 0.05) is 43.9 Å². The molecule has 0 fully saturated rings. The fourth-order valence-electron chi connectivity index (χ4n) is 2.30. The maximum absolute atomic E-state index is 11.6. The highest BCUT2D eigenvalue weighted by Crippen LogP contribution is 2.22. The molecule has 0 unspecified atom stereocenters. The number of carbonyl (C=O) groups is 1. The Bertz CT molecular complexity index is 913. The molecule has 3 heterocycles. The van der Waals surface area contributed by atoms with E-state index in [-0.39, 0.29) is 5.91 Å². The van der Waals surface area contributed by atoms with Gasteiger partial charge in [0.15, 0.2) is 11.0 Å². The molecule has 0 aliphatic heterocycles. The Hall–Kier alpha value is -2.87. The van der Waals surface area contributed by atoms with Crippen molar-refractivity contribution >= 4 is 34.5 Å². The Morgan fingerprint density at radius 2 is 2.20 bits per heavy atom. The molecule has 0 spiro atoms. The zero-order valence-electron chi connectivity index (χ0n) is 14.2. The van der Waals surface area contributed by atoms with E-state index in [0.717, 1.165) is 17.0 Å². The van der Waals surface area contributed by atoms with Gasteiger partial charge in [-0.25, -0.2) is 15.0 Å². The minimum Gasteiger partial charge on any atom is -0.289 e. The normalized spacial score (nSPS) is 11.2. The lowest BCUT2D eigenvalue weighted by atomic mass is 10.2. The topological polar surface area (TPSA) is 76.8 Å². The Balaban J connectivity index is 1.79.